The van der Waals surface area contributed by atoms with Crippen LogP contribution in [0.1, 0.15) is 13.8 Å². The number of amides is 1. The molecule has 1 aromatic heterocycles. The molecule has 5 heteroatoms. The third-order valence-electron chi connectivity index (χ3n) is 5.43. The average molecular weight is 413 g/mol. The van der Waals surface area contributed by atoms with Gasteiger partial charge in [0, 0.05) is 29.7 Å². The van der Waals surface area contributed by atoms with Crippen LogP contribution in [0, 0.1) is 5.82 Å². The Bertz CT molecular complexity index is 1190. The minimum absolute atomic E-state index is 0.370. The van der Waals surface area contributed by atoms with Crippen molar-refractivity contribution in [2.24, 2.45) is 0 Å². The summed E-state index contributed by atoms with van der Waals surface area (Å²) in [5.74, 6) is 0.0344. The summed E-state index contributed by atoms with van der Waals surface area (Å²) in [6.45, 7) is 6.01. The molecule has 156 valence electrons. The van der Waals surface area contributed by atoms with E-state index < -0.39 is 0 Å². The molecule has 3 aromatic carbocycles. The number of pyridine rings is 1. The van der Waals surface area contributed by atoms with Gasteiger partial charge in [-0.15, -0.1) is 0 Å². The number of carbonyl (C=O) groups is 1. The van der Waals surface area contributed by atoms with E-state index in [1.807, 2.05) is 60.7 Å². The van der Waals surface area contributed by atoms with Crippen LogP contribution in [-0.4, -0.2) is 24.5 Å². The second kappa shape index (κ2) is 8.96. The molecule has 0 aliphatic rings. The lowest BCUT2D eigenvalue weighted by atomic mass is 10.1. The molecule has 4 nitrogen and oxygen atoms in total. The molecule has 0 saturated heterocycles. The Hall–Kier alpha value is -3.73. The summed E-state index contributed by atoms with van der Waals surface area (Å²) < 4.78 is 14.1. The highest BCUT2D eigenvalue weighted by Gasteiger charge is 2.17. The van der Waals surface area contributed by atoms with Gasteiger partial charge in [0.15, 0.2) is 0 Å². The van der Waals surface area contributed by atoms with Crippen LogP contribution in [0.15, 0.2) is 78.9 Å². The minimum atomic E-state index is -0.370. The number of hydrogen-bond donors (Lipinski definition) is 0. The zero-order chi connectivity index (χ0) is 21.8. The van der Waals surface area contributed by atoms with E-state index >= 15 is 0 Å². The van der Waals surface area contributed by atoms with Crippen molar-refractivity contribution < 1.29 is 9.18 Å². The number of aromatic nitrogens is 1. The molecule has 0 spiro atoms. The van der Waals surface area contributed by atoms with Gasteiger partial charge in [0.2, 0.25) is 6.41 Å². The van der Waals surface area contributed by atoms with Crippen molar-refractivity contribution in [1.82, 2.24) is 4.98 Å². The van der Waals surface area contributed by atoms with Gasteiger partial charge in [-0.05, 0) is 61.7 Å². The topological polar surface area (TPSA) is 36.4 Å². The third kappa shape index (κ3) is 4.12. The number of rotatable bonds is 7. The van der Waals surface area contributed by atoms with Gasteiger partial charge in [-0.3, -0.25) is 9.69 Å². The monoisotopic (exact) mass is 413 g/mol. The Morgan fingerprint density at radius 2 is 1.55 bits per heavy atom. The summed E-state index contributed by atoms with van der Waals surface area (Å²) in [5, 5.41) is 1.40. The number of fused-ring (bicyclic) bond motifs is 1. The van der Waals surface area contributed by atoms with Gasteiger partial charge < -0.3 is 4.90 Å². The number of benzene rings is 3. The van der Waals surface area contributed by atoms with Gasteiger partial charge >= 0.3 is 0 Å². The first-order chi connectivity index (χ1) is 15.1. The van der Waals surface area contributed by atoms with Crippen LogP contribution in [-0.2, 0) is 4.79 Å². The zero-order valence-corrected chi connectivity index (χ0v) is 17.6. The summed E-state index contributed by atoms with van der Waals surface area (Å²) in [5.41, 5.74) is 3.41. The summed E-state index contributed by atoms with van der Waals surface area (Å²) in [4.78, 5) is 20.7. The molecule has 31 heavy (non-hydrogen) atoms. The van der Waals surface area contributed by atoms with E-state index in [9.17, 15) is 9.18 Å². The molecule has 1 amide bonds. The normalized spacial score (nSPS) is 10.8. The van der Waals surface area contributed by atoms with Gasteiger partial charge in [-0.1, -0.05) is 36.4 Å². The van der Waals surface area contributed by atoms with Crippen LogP contribution < -0.4 is 9.80 Å². The lowest BCUT2D eigenvalue weighted by molar-refractivity contribution is -0.106. The summed E-state index contributed by atoms with van der Waals surface area (Å²) in [6.07, 6.45) is 0.730. The Labute approximate surface area is 181 Å². The molecule has 4 aromatic rings. The molecule has 4 rings (SSSR count). The zero-order valence-electron chi connectivity index (χ0n) is 17.6. The molecular weight excluding hydrogens is 389 g/mol. The molecule has 0 atom stereocenters. The quantitative estimate of drug-likeness (QED) is 0.339. The van der Waals surface area contributed by atoms with E-state index in [1.54, 1.807) is 6.07 Å². The van der Waals surface area contributed by atoms with E-state index in [0.717, 1.165) is 41.8 Å². The van der Waals surface area contributed by atoms with Crippen LogP contribution in [0.3, 0.4) is 0 Å². The molecule has 0 N–H and O–H groups in total. The van der Waals surface area contributed by atoms with Crippen molar-refractivity contribution in [1.29, 1.82) is 0 Å². The Morgan fingerprint density at radius 1 is 0.871 bits per heavy atom. The average Bonchev–Trinajstić information content (AvgIpc) is 2.82. The maximum Gasteiger partial charge on any atom is 0.219 e. The van der Waals surface area contributed by atoms with Crippen molar-refractivity contribution in [3.05, 3.63) is 84.7 Å². The Morgan fingerprint density at radius 3 is 2.19 bits per heavy atom. The first kappa shape index (κ1) is 20.5. The standard InChI is InChI=1S/C26H24FN3O/c1-3-29(4-2)22-12-14-23(15-13-22)30(18-31)26-24-17-21(27)11-10-20(24)16-25(28-26)19-8-6-5-7-9-19/h5-18H,3-4H2,1-2H3. The van der Waals surface area contributed by atoms with E-state index in [0.29, 0.717) is 16.9 Å². The number of halogens is 1. The molecule has 0 saturated carbocycles. The summed E-state index contributed by atoms with van der Waals surface area (Å²) in [6, 6.07) is 24.0. The molecular formula is C26H24FN3O. The van der Waals surface area contributed by atoms with Gasteiger partial charge in [0.25, 0.3) is 0 Å². The predicted octanol–water partition coefficient (Wildman–Crippen LogP) is 6.18. The highest BCUT2D eigenvalue weighted by atomic mass is 19.1. The first-order valence-corrected chi connectivity index (χ1v) is 10.4. The second-order valence-electron chi connectivity index (χ2n) is 7.23. The fourth-order valence-electron chi connectivity index (χ4n) is 3.79. The molecule has 0 bridgehead atoms. The summed E-state index contributed by atoms with van der Waals surface area (Å²) in [7, 11) is 0. The van der Waals surface area contributed by atoms with Crippen molar-refractivity contribution >= 4 is 34.4 Å². The molecule has 0 aliphatic heterocycles. The van der Waals surface area contributed by atoms with Crippen LogP contribution in [0.4, 0.5) is 21.6 Å². The van der Waals surface area contributed by atoms with Crippen LogP contribution in [0.2, 0.25) is 0 Å². The van der Waals surface area contributed by atoms with Crippen LogP contribution in [0.5, 0.6) is 0 Å². The van der Waals surface area contributed by atoms with Gasteiger partial charge in [-0.2, -0.15) is 0 Å². The molecule has 0 radical (unpaired) electrons. The van der Waals surface area contributed by atoms with Crippen molar-refractivity contribution in [3.8, 4) is 11.3 Å². The summed E-state index contributed by atoms with van der Waals surface area (Å²) >= 11 is 0. The molecule has 1 heterocycles. The number of carbonyl (C=O) groups excluding carboxylic acids is 1. The van der Waals surface area contributed by atoms with Gasteiger partial charge in [-0.25, -0.2) is 9.37 Å². The van der Waals surface area contributed by atoms with Crippen LogP contribution in [0.25, 0.3) is 22.0 Å². The highest BCUT2D eigenvalue weighted by molar-refractivity contribution is 6.01. The maximum absolute atomic E-state index is 14.1. The highest BCUT2D eigenvalue weighted by Crippen LogP contribution is 2.34. The first-order valence-electron chi connectivity index (χ1n) is 10.4. The van der Waals surface area contributed by atoms with Gasteiger partial charge in [0.1, 0.15) is 11.6 Å². The van der Waals surface area contributed by atoms with Gasteiger partial charge in [0.05, 0.1) is 11.4 Å². The largest absolute Gasteiger partial charge is 0.372 e. The number of nitrogens with zero attached hydrogens (tertiary/aromatic N) is 3. The fourth-order valence-corrected chi connectivity index (χ4v) is 3.79. The Kier molecular flexibility index (Phi) is 5.94. The Balaban J connectivity index is 1.86. The van der Waals surface area contributed by atoms with Crippen LogP contribution >= 0.6 is 0 Å². The third-order valence-corrected chi connectivity index (χ3v) is 5.43. The lowest BCUT2D eigenvalue weighted by Gasteiger charge is -2.23. The van der Waals surface area contributed by atoms with Crippen molar-refractivity contribution in [3.63, 3.8) is 0 Å². The van der Waals surface area contributed by atoms with E-state index in [-0.39, 0.29) is 5.82 Å². The van der Waals surface area contributed by atoms with Crippen molar-refractivity contribution in [2.45, 2.75) is 13.8 Å². The molecule has 0 unspecified atom stereocenters. The predicted molar refractivity (Wildman–Crippen MR) is 125 cm³/mol. The SMILES string of the molecule is CCN(CC)c1ccc(N(C=O)c2nc(-c3ccccc3)cc3ccc(F)cc23)cc1. The van der Waals surface area contributed by atoms with E-state index in [2.05, 4.69) is 18.7 Å². The molecule has 0 aliphatic carbocycles. The maximum atomic E-state index is 14.1. The van der Waals surface area contributed by atoms with E-state index in [4.69, 9.17) is 4.98 Å². The fraction of sp³-hybridized carbons (Fsp3) is 0.154. The lowest BCUT2D eigenvalue weighted by Crippen LogP contribution is -2.22. The molecule has 0 fully saturated rings. The smallest absolute Gasteiger partial charge is 0.219 e. The van der Waals surface area contributed by atoms with E-state index in [1.165, 1.54) is 17.0 Å². The van der Waals surface area contributed by atoms with Crippen molar-refractivity contribution in [2.75, 3.05) is 22.9 Å². The number of anilines is 3. The number of hydrogen-bond acceptors (Lipinski definition) is 3. The second-order valence-corrected chi connectivity index (χ2v) is 7.23. The minimum Gasteiger partial charge on any atom is -0.372 e.